The summed E-state index contributed by atoms with van der Waals surface area (Å²) in [5.74, 6) is 0.562. The summed E-state index contributed by atoms with van der Waals surface area (Å²) < 4.78 is 0. The minimum Gasteiger partial charge on any atom is -0.384 e. The van der Waals surface area contributed by atoms with Gasteiger partial charge in [-0.2, -0.15) is 0 Å². The number of pyridine rings is 1. The van der Waals surface area contributed by atoms with E-state index in [1.54, 1.807) is 6.20 Å². The first kappa shape index (κ1) is 12.9. The van der Waals surface area contributed by atoms with Gasteiger partial charge in [-0.25, -0.2) is 4.98 Å². The Morgan fingerprint density at radius 2 is 1.78 bits per heavy atom. The molecule has 1 aromatic carbocycles. The van der Waals surface area contributed by atoms with Crippen LogP contribution >= 0.6 is 11.6 Å². The molecule has 0 saturated heterocycles. The van der Waals surface area contributed by atoms with Gasteiger partial charge in [-0.05, 0) is 42.4 Å². The normalized spacial score (nSPS) is 10.8. The lowest BCUT2D eigenvalue weighted by molar-refractivity contribution is 0.319. The first-order valence-corrected chi connectivity index (χ1v) is 6.14. The predicted molar refractivity (Wildman–Crippen MR) is 75.3 cm³/mol. The Labute approximate surface area is 112 Å². The zero-order chi connectivity index (χ0) is 13.0. The van der Waals surface area contributed by atoms with Crippen LogP contribution in [0.25, 0.3) is 0 Å². The fourth-order valence-electron chi connectivity index (χ4n) is 1.86. The van der Waals surface area contributed by atoms with Gasteiger partial charge in [-0.3, -0.25) is 4.90 Å². The summed E-state index contributed by atoms with van der Waals surface area (Å²) in [5, 5.41) is 0.767. The topological polar surface area (TPSA) is 42.2 Å². The fourth-order valence-corrected chi connectivity index (χ4v) is 1.99. The molecule has 0 aliphatic heterocycles. The lowest BCUT2D eigenvalue weighted by atomic mass is 10.2. The van der Waals surface area contributed by atoms with Crippen LogP contribution in [0.3, 0.4) is 0 Å². The summed E-state index contributed by atoms with van der Waals surface area (Å²) in [6.45, 7) is 1.72. The fraction of sp³-hybridized carbons (Fsp3) is 0.214. The Bertz CT molecular complexity index is 511. The van der Waals surface area contributed by atoms with Crippen molar-refractivity contribution >= 4 is 17.4 Å². The molecule has 0 radical (unpaired) electrons. The minimum atomic E-state index is 0.562. The Morgan fingerprint density at radius 1 is 1.11 bits per heavy atom. The number of nitrogens with two attached hydrogens (primary N) is 1. The van der Waals surface area contributed by atoms with Crippen LogP contribution in [0.4, 0.5) is 5.82 Å². The molecule has 0 amide bonds. The third-order valence-electron chi connectivity index (χ3n) is 2.66. The molecule has 0 aliphatic carbocycles. The molecule has 0 aliphatic rings. The van der Waals surface area contributed by atoms with Gasteiger partial charge in [-0.15, -0.1) is 0 Å². The number of anilines is 1. The summed E-state index contributed by atoms with van der Waals surface area (Å²) >= 11 is 5.86. The molecule has 0 spiro atoms. The van der Waals surface area contributed by atoms with Gasteiger partial charge in [0.2, 0.25) is 0 Å². The van der Waals surface area contributed by atoms with Crippen molar-refractivity contribution in [2.24, 2.45) is 0 Å². The van der Waals surface area contributed by atoms with E-state index in [-0.39, 0.29) is 0 Å². The number of rotatable bonds is 4. The number of nitrogens with zero attached hydrogens (tertiary/aromatic N) is 2. The van der Waals surface area contributed by atoms with Crippen molar-refractivity contribution in [3.8, 4) is 0 Å². The molecule has 2 rings (SSSR count). The van der Waals surface area contributed by atoms with Gasteiger partial charge in [0.1, 0.15) is 5.82 Å². The van der Waals surface area contributed by atoms with Crippen LogP contribution in [0, 0.1) is 0 Å². The highest BCUT2D eigenvalue weighted by Gasteiger charge is 2.02. The number of hydrogen-bond acceptors (Lipinski definition) is 3. The number of hydrogen-bond donors (Lipinski definition) is 1. The molecule has 0 fully saturated rings. The van der Waals surface area contributed by atoms with Crippen molar-refractivity contribution in [1.82, 2.24) is 9.88 Å². The van der Waals surface area contributed by atoms with Crippen molar-refractivity contribution in [2.75, 3.05) is 12.8 Å². The molecule has 94 valence electrons. The second-order valence-electron chi connectivity index (χ2n) is 4.39. The van der Waals surface area contributed by atoms with Crippen LogP contribution in [0.5, 0.6) is 0 Å². The van der Waals surface area contributed by atoms with Crippen LogP contribution < -0.4 is 5.73 Å². The SMILES string of the molecule is CN(Cc1ccc(Cl)cc1)Cc1ccnc(N)c1. The van der Waals surface area contributed by atoms with Gasteiger partial charge in [0.05, 0.1) is 0 Å². The van der Waals surface area contributed by atoms with Crippen molar-refractivity contribution < 1.29 is 0 Å². The Kier molecular flexibility index (Phi) is 4.18. The van der Waals surface area contributed by atoms with Gasteiger partial charge >= 0.3 is 0 Å². The van der Waals surface area contributed by atoms with Crippen molar-refractivity contribution in [2.45, 2.75) is 13.1 Å². The third-order valence-corrected chi connectivity index (χ3v) is 2.92. The third kappa shape index (κ3) is 3.72. The van der Waals surface area contributed by atoms with Crippen LogP contribution in [-0.2, 0) is 13.1 Å². The van der Waals surface area contributed by atoms with Gasteiger partial charge in [-0.1, -0.05) is 23.7 Å². The summed E-state index contributed by atoms with van der Waals surface area (Å²) in [5.41, 5.74) is 8.06. The van der Waals surface area contributed by atoms with Crippen molar-refractivity contribution in [1.29, 1.82) is 0 Å². The standard InChI is InChI=1S/C14H16ClN3/c1-18(9-11-2-4-13(15)5-3-11)10-12-6-7-17-14(16)8-12/h2-8H,9-10H2,1H3,(H2,16,17). The lowest BCUT2D eigenvalue weighted by Gasteiger charge is -2.17. The maximum absolute atomic E-state index is 5.86. The molecule has 18 heavy (non-hydrogen) atoms. The van der Waals surface area contributed by atoms with E-state index < -0.39 is 0 Å². The van der Waals surface area contributed by atoms with Crippen LogP contribution in [0.1, 0.15) is 11.1 Å². The molecule has 0 bridgehead atoms. The highest BCUT2D eigenvalue weighted by molar-refractivity contribution is 6.30. The van der Waals surface area contributed by atoms with Crippen molar-refractivity contribution in [3.05, 3.63) is 58.7 Å². The first-order chi connectivity index (χ1) is 8.63. The Balaban J connectivity index is 1.96. The first-order valence-electron chi connectivity index (χ1n) is 5.77. The summed E-state index contributed by atoms with van der Waals surface area (Å²) in [6.07, 6.45) is 1.74. The van der Waals surface area contributed by atoms with Gasteiger partial charge in [0, 0.05) is 24.3 Å². The van der Waals surface area contributed by atoms with E-state index in [9.17, 15) is 0 Å². The molecule has 0 saturated carbocycles. The van der Waals surface area contributed by atoms with Gasteiger partial charge in [0.15, 0.2) is 0 Å². The highest BCUT2D eigenvalue weighted by Crippen LogP contribution is 2.12. The number of aromatic nitrogens is 1. The molecule has 3 nitrogen and oxygen atoms in total. The molecule has 2 aromatic rings. The smallest absolute Gasteiger partial charge is 0.123 e. The highest BCUT2D eigenvalue weighted by atomic mass is 35.5. The maximum atomic E-state index is 5.86. The van der Waals surface area contributed by atoms with E-state index in [0.717, 1.165) is 18.1 Å². The molecule has 0 unspecified atom stereocenters. The average molecular weight is 262 g/mol. The zero-order valence-corrected chi connectivity index (χ0v) is 11.1. The molecular weight excluding hydrogens is 246 g/mol. The maximum Gasteiger partial charge on any atom is 0.123 e. The minimum absolute atomic E-state index is 0.562. The molecule has 1 heterocycles. The summed E-state index contributed by atoms with van der Waals surface area (Å²) in [4.78, 5) is 6.21. The Hall–Kier alpha value is -1.58. The number of benzene rings is 1. The average Bonchev–Trinajstić information content (AvgIpc) is 2.32. The van der Waals surface area contributed by atoms with Gasteiger partial charge in [0.25, 0.3) is 0 Å². The molecular formula is C14H16ClN3. The molecule has 4 heteroatoms. The number of nitrogen functional groups attached to an aromatic ring is 1. The van der Waals surface area contributed by atoms with Crippen molar-refractivity contribution in [3.63, 3.8) is 0 Å². The van der Waals surface area contributed by atoms with Crippen LogP contribution in [-0.4, -0.2) is 16.9 Å². The molecule has 0 atom stereocenters. The largest absolute Gasteiger partial charge is 0.384 e. The van der Waals surface area contributed by atoms with E-state index in [4.69, 9.17) is 17.3 Å². The van der Waals surface area contributed by atoms with E-state index in [0.29, 0.717) is 5.82 Å². The monoisotopic (exact) mass is 261 g/mol. The summed E-state index contributed by atoms with van der Waals surface area (Å²) in [7, 11) is 2.07. The zero-order valence-electron chi connectivity index (χ0n) is 10.3. The second-order valence-corrected chi connectivity index (χ2v) is 4.82. The molecule has 2 N–H and O–H groups in total. The summed E-state index contributed by atoms with van der Waals surface area (Å²) in [6, 6.07) is 11.8. The van der Waals surface area contributed by atoms with E-state index in [1.807, 2.05) is 36.4 Å². The van der Waals surface area contributed by atoms with E-state index in [1.165, 1.54) is 11.1 Å². The van der Waals surface area contributed by atoms with E-state index >= 15 is 0 Å². The quantitative estimate of drug-likeness (QED) is 0.920. The predicted octanol–water partition coefficient (Wildman–Crippen LogP) is 2.95. The van der Waals surface area contributed by atoms with Gasteiger partial charge < -0.3 is 5.73 Å². The Morgan fingerprint density at radius 3 is 2.44 bits per heavy atom. The van der Waals surface area contributed by atoms with Crippen LogP contribution in [0.15, 0.2) is 42.6 Å². The molecule has 1 aromatic heterocycles. The lowest BCUT2D eigenvalue weighted by Crippen LogP contribution is -2.17. The second kappa shape index (κ2) is 5.85. The van der Waals surface area contributed by atoms with E-state index in [2.05, 4.69) is 16.9 Å². The number of halogens is 1. The van der Waals surface area contributed by atoms with Crippen LogP contribution in [0.2, 0.25) is 5.02 Å².